The van der Waals surface area contributed by atoms with Gasteiger partial charge in [-0.15, -0.1) is 0 Å². The summed E-state index contributed by atoms with van der Waals surface area (Å²) >= 11 is 0. The molecule has 0 spiro atoms. The van der Waals surface area contributed by atoms with Gasteiger partial charge in [-0.2, -0.15) is 0 Å². The van der Waals surface area contributed by atoms with Gasteiger partial charge in [0.1, 0.15) is 0 Å². The summed E-state index contributed by atoms with van der Waals surface area (Å²) in [6.45, 7) is 7.06. The lowest BCUT2D eigenvalue weighted by Crippen LogP contribution is -2.44. The molecule has 82 valence electrons. The van der Waals surface area contributed by atoms with Gasteiger partial charge < -0.3 is 5.11 Å². The second kappa shape index (κ2) is 4.19. The summed E-state index contributed by atoms with van der Waals surface area (Å²) in [6.07, 6.45) is 4.70. The second-order valence-corrected chi connectivity index (χ2v) is 5.33. The molecular formula is C12H23NO. The van der Waals surface area contributed by atoms with E-state index in [2.05, 4.69) is 18.7 Å². The summed E-state index contributed by atoms with van der Waals surface area (Å²) in [5.41, 5.74) is 0. The Hall–Kier alpha value is -0.0800. The Balaban J connectivity index is 1.94. The number of hydrogen-bond acceptors (Lipinski definition) is 2. The van der Waals surface area contributed by atoms with Crippen LogP contribution in [0.4, 0.5) is 0 Å². The Bertz CT molecular complexity index is 185. The maximum Gasteiger partial charge on any atom is 0.0695 e. The molecule has 1 aliphatic heterocycles. The summed E-state index contributed by atoms with van der Waals surface area (Å²) in [4.78, 5) is 2.53. The number of hydrogen-bond donors (Lipinski definition) is 1. The highest BCUT2D eigenvalue weighted by Crippen LogP contribution is 2.30. The maximum atomic E-state index is 9.96. The van der Waals surface area contributed by atoms with Gasteiger partial charge >= 0.3 is 0 Å². The number of aliphatic hydroxyl groups excluding tert-OH is 1. The third-order valence-electron chi connectivity index (χ3n) is 4.18. The van der Waals surface area contributed by atoms with E-state index in [1.54, 1.807) is 0 Å². The molecule has 2 unspecified atom stereocenters. The lowest BCUT2D eigenvalue weighted by molar-refractivity contribution is 0.0288. The van der Waals surface area contributed by atoms with Crippen molar-refractivity contribution in [1.82, 2.24) is 4.90 Å². The first-order chi connectivity index (χ1) is 6.68. The monoisotopic (exact) mass is 197 g/mol. The topological polar surface area (TPSA) is 23.5 Å². The molecule has 0 amide bonds. The van der Waals surface area contributed by atoms with E-state index in [0.717, 1.165) is 18.3 Å². The van der Waals surface area contributed by atoms with E-state index >= 15 is 0 Å². The Labute approximate surface area is 87.3 Å². The van der Waals surface area contributed by atoms with Crippen LogP contribution in [-0.4, -0.2) is 35.2 Å². The Morgan fingerprint density at radius 1 is 1.00 bits per heavy atom. The Morgan fingerprint density at radius 3 is 2.14 bits per heavy atom. The summed E-state index contributed by atoms with van der Waals surface area (Å²) in [5, 5.41) is 9.96. The fourth-order valence-corrected chi connectivity index (χ4v) is 2.96. The molecule has 2 heteroatoms. The van der Waals surface area contributed by atoms with E-state index in [0.29, 0.717) is 6.04 Å². The van der Waals surface area contributed by atoms with Crippen molar-refractivity contribution >= 4 is 0 Å². The van der Waals surface area contributed by atoms with Crippen molar-refractivity contribution in [1.29, 1.82) is 0 Å². The lowest BCUT2D eigenvalue weighted by Gasteiger charge is -2.35. The molecule has 1 heterocycles. The third-order valence-corrected chi connectivity index (χ3v) is 4.18. The van der Waals surface area contributed by atoms with Crippen molar-refractivity contribution in [3.05, 3.63) is 0 Å². The molecule has 0 aromatic carbocycles. The number of nitrogens with zero attached hydrogens (tertiary/aromatic N) is 1. The molecular weight excluding hydrogens is 174 g/mol. The van der Waals surface area contributed by atoms with Crippen molar-refractivity contribution in [2.75, 3.05) is 13.1 Å². The van der Waals surface area contributed by atoms with Crippen LogP contribution in [0.15, 0.2) is 0 Å². The van der Waals surface area contributed by atoms with E-state index < -0.39 is 0 Å². The zero-order valence-corrected chi connectivity index (χ0v) is 9.45. The highest BCUT2D eigenvalue weighted by atomic mass is 16.3. The Kier molecular flexibility index (Phi) is 3.13. The van der Waals surface area contributed by atoms with Crippen molar-refractivity contribution in [3.63, 3.8) is 0 Å². The van der Waals surface area contributed by atoms with Crippen LogP contribution >= 0.6 is 0 Å². The Morgan fingerprint density at radius 2 is 1.57 bits per heavy atom. The smallest absolute Gasteiger partial charge is 0.0695 e. The molecule has 2 rings (SSSR count). The van der Waals surface area contributed by atoms with Crippen molar-refractivity contribution in [3.8, 4) is 0 Å². The maximum absolute atomic E-state index is 9.96. The standard InChI is InChI=1S/C12H23NO/c1-9-7-13(8-10(9)2)11-5-3-4-6-12(11)14/h9-12,14H,3-8H2,1-2H3/t9?,10?,11-,12-/m0/s1. The molecule has 0 radical (unpaired) electrons. The SMILES string of the molecule is CC1CN([C@H]2CCCC[C@@H]2O)CC1C. The molecule has 1 aliphatic carbocycles. The zero-order chi connectivity index (χ0) is 10.1. The van der Waals surface area contributed by atoms with E-state index in [1.165, 1.54) is 32.4 Å². The van der Waals surface area contributed by atoms with Crippen LogP contribution < -0.4 is 0 Å². The molecule has 1 saturated heterocycles. The van der Waals surface area contributed by atoms with Crippen LogP contribution in [0.3, 0.4) is 0 Å². The highest BCUT2D eigenvalue weighted by Gasteiger charge is 2.35. The fourth-order valence-electron chi connectivity index (χ4n) is 2.96. The van der Waals surface area contributed by atoms with Crippen LogP contribution in [0.25, 0.3) is 0 Å². The quantitative estimate of drug-likeness (QED) is 0.694. The van der Waals surface area contributed by atoms with Gasteiger partial charge in [-0.25, -0.2) is 0 Å². The van der Waals surface area contributed by atoms with Crippen LogP contribution in [0.5, 0.6) is 0 Å². The van der Waals surface area contributed by atoms with Crippen molar-refractivity contribution in [2.45, 2.75) is 51.7 Å². The minimum Gasteiger partial charge on any atom is -0.391 e. The summed E-state index contributed by atoms with van der Waals surface area (Å²) in [6, 6.07) is 0.469. The average Bonchev–Trinajstić information content (AvgIpc) is 2.48. The molecule has 0 aromatic rings. The summed E-state index contributed by atoms with van der Waals surface area (Å²) in [5.74, 6) is 1.62. The van der Waals surface area contributed by atoms with Gasteiger partial charge in [0.15, 0.2) is 0 Å². The molecule has 0 aromatic heterocycles. The first kappa shape index (κ1) is 10.4. The van der Waals surface area contributed by atoms with E-state index in [-0.39, 0.29) is 6.10 Å². The fraction of sp³-hybridized carbons (Fsp3) is 1.00. The van der Waals surface area contributed by atoms with Gasteiger partial charge in [0, 0.05) is 19.1 Å². The van der Waals surface area contributed by atoms with E-state index in [4.69, 9.17) is 0 Å². The largest absolute Gasteiger partial charge is 0.391 e. The first-order valence-electron chi connectivity index (χ1n) is 6.10. The van der Waals surface area contributed by atoms with Crippen LogP contribution in [0, 0.1) is 11.8 Å². The van der Waals surface area contributed by atoms with E-state index in [1.807, 2.05) is 0 Å². The van der Waals surface area contributed by atoms with Gasteiger partial charge in [-0.05, 0) is 24.7 Å². The predicted molar refractivity (Wildman–Crippen MR) is 58.2 cm³/mol. The molecule has 1 saturated carbocycles. The van der Waals surface area contributed by atoms with Crippen LogP contribution in [0.1, 0.15) is 39.5 Å². The minimum atomic E-state index is -0.0544. The summed E-state index contributed by atoms with van der Waals surface area (Å²) in [7, 11) is 0. The third kappa shape index (κ3) is 1.96. The predicted octanol–water partition coefficient (Wildman–Crippen LogP) is 1.88. The molecule has 2 nitrogen and oxygen atoms in total. The molecule has 2 fully saturated rings. The number of likely N-dealkylation sites (tertiary alicyclic amines) is 1. The van der Waals surface area contributed by atoms with Gasteiger partial charge in [-0.1, -0.05) is 26.7 Å². The number of aliphatic hydroxyl groups is 1. The molecule has 1 N–H and O–H groups in total. The lowest BCUT2D eigenvalue weighted by atomic mass is 9.91. The normalized spacial score (nSPS) is 45.6. The zero-order valence-electron chi connectivity index (χ0n) is 9.45. The number of rotatable bonds is 1. The van der Waals surface area contributed by atoms with Crippen molar-refractivity contribution in [2.24, 2.45) is 11.8 Å². The molecule has 0 bridgehead atoms. The van der Waals surface area contributed by atoms with Crippen LogP contribution in [0.2, 0.25) is 0 Å². The second-order valence-electron chi connectivity index (χ2n) is 5.33. The molecule has 4 atom stereocenters. The van der Waals surface area contributed by atoms with Gasteiger partial charge in [-0.3, -0.25) is 4.90 Å². The van der Waals surface area contributed by atoms with Gasteiger partial charge in [0.2, 0.25) is 0 Å². The van der Waals surface area contributed by atoms with Gasteiger partial charge in [0.05, 0.1) is 6.10 Å². The summed E-state index contributed by atoms with van der Waals surface area (Å²) < 4.78 is 0. The van der Waals surface area contributed by atoms with Crippen LogP contribution in [-0.2, 0) is 0 Å². The molecule has 14 heavy (non-hydrogen) atoms. The van der Waals surface area contributed by atoms with E-state index in [9.17, 15) is 5.11 Å². The first-order valence-corrected chi connectivity index (χ1v) is 6.10. The average molecular weight is 197 g/mol. The molecule has 2 aliphatic rings. The van der Waals surface area contributed by atoms with Crippen molar-refractivity contribution < 1.29 is 5.11 Å². The van der Waals surface area contributed by atoms with Gasteiger partial charge in [0.25, 0.3) is 0 Å². The highest BCUT2D eigenvalue weighted by molar-refractivity contribution is 4.89. The minimum absolute atomic E-state index is 0.0544.